The average molecular weight is 244 g/mol. The molecule has 0 saturated heterocycles. The van der Waals surface area contributed by atoms with Gasteiger partial charge in [0.25, 0.3) is 0 Å². The third kappa shape index (κ3) is 2.82. The van der Waals surface area contributed by atoms with E-state index in [0.717, 1.165) is 24.8 Å². The van der Waals surface area contributed by atoms with Crippen LogP contribution in [0, 0.1) is 5.41 Å². The van der Waals surface area contributed by atoms with Crippen LogP contribution in [-0.2, 0) is 6.42 Å². The molecule has 0 N–H and O–H groups in total. The van der Waals surface area contributed by atoms with Gasteiger partial charge in [0.1, 0.15) is 0 Å². The van der Waals surface area contributed by atoms with Gasteiger partial charge in [0.2, 0.25) is 0 Å². The van der Waals surface area contributed by atoms with Crippen molar-refractivity contribution >= 4 is 5.78 Å². The first-order valence-electron chi connectivity index (χ1n) is 7.29. The quantitative estimate of drug-likeness (QED) is 0.680. The monoisotopic (exact) mass is 244 g/mol. The van der Waals surface area contributed by atoms with Crippen LogP contribution in [0.3, 0.4) is 0 Å². The number of hydrogen-bond acceptors (Lipinski definition) is 1. The van der Waals surface area contributed by atoms with Crippen LogP contribution >= 0.6 is 0 Å². The first-order valence-corrected chi connectivity index (χ1v) is 7.29. The fraction of sp³-hybridized carbons (Fsp3) is 0.588. The minimum atomic E-state index is -0.0923. The van der Waals surface area contributed by atoms with E-state index in [1.807, 2.05) is 12.1 Å². The second kappa shape index (κ2) is 5.69. The minimum absolute atomic E-state index is 0.0923. The van der Waals surface area contributed by atoms with Crippen molar-refractivity contribution in [2.45, 2.75) is 58.8 Å². The molecule has 1 aromatic rings. The van der Waals surface area contributed by atoms with E-state index in [4.69, 9.17) is 0 Å². The maximum atomic E-state index is 12.5. The van der Waals surface area contributed by atoms with Gasteiger partial charge in [0, 0.05) is 11.0 Å². The number of carbonyl (C=O) groups excluding carboxylic acids is 1. The summed E-state index contributed by atoms with van der Waals surface area (Å²) in [7, 11) is 0. The summed E-state index contributed by atoms with van der Waals surface area (Å²) in [5, 5.41) is 0. The van der Waals surface area contributed by atoms with Crippen molar-refractivity contribution in [2.75, 3.05) is 0 Å². The molecule has 1 nitrogen and oxygen atoms in total. The molecule has 0 aliphatic heterocycles. The summed E-state index contributed by atoms with van der Waals surface area (Å²) in [6.07, 6.45) is 8.10. The average Bonchev–Trinajstić information content (AvgIpc) is 2.84. The Morgan fingerprint density at radius 1 is 1.17 bits per heavy atom. The summed E-state index contributed by atoms with van der Waals surface area (Å²) in [6.45, 7) is 4.34. The third-order valence-electron chi connectivity index (χ3n) is 4.29. The topological polar surface area (TPSA) is 17.1 Å². The Hall–Kier alpha value is -1.11. The van der Waals surface area contributed by atoms with Crippen LogP contribution in [0.1, 0.15) is 68.3 Å². The Kier molecular flexibility index (Phi) is 4.21. The number of Topliss-reactive ketones (excluding diaryl/α,β-unsaturated/α-hetero) is 1. The van der Waals surface area contributed by atoms with Crippen LogP contribution in [0.25, 0.3) is 0 Å². The molecule has 0 atom stereocenters. The normalized spacial score (nSPS) is 17.9. The van der Waals surface area contributed by atoms with Gasteiger partial charge >= 0.3 is 0 Å². The van der Waals surface area contributed by atoms with Gasteiger partial charge in [-0.15, -0.1) is 0 Å². The van der Waals surface area contributed by atoms with Crippen molar-refractivity contribution in [3.05, 3.63) is 35.4 Å². The molecule has 1 heteroatoms. The predicted octanol–water partition coefficient (Wildman–Crippen LogP) is 4.79. The molecule has 1 aromatic carbocycles. The van der Waals surface area contributed by atoms with Crippen molar-refractivity contribution in [1.82, 2.24) is 0 Å². The van der Waals surface area contributed by atoms with Gasteiger partial charge in [-0.1, -0.05) is 57.4 Å². The van der Waals surface area contributed by atoms with E-state index >= 15 is 0 Å². The highest BCUT2D eigenvalue weighted by atomic mass is 16.1. The van der Waals surface area contributed by atoms with Crippen LogP contribution in [0.15, 0.2) is 24.3 Å². The second-order valence-corrected chi connectivity index (χ2v) is 5.90. The number of ketones is 1. The van der Waals surface area contributed by atoms with E-state index in [1.54, 1.807) is 0 Å². The highest BCUT2D eigenvalue weighted by Crippen LogP contribution is 2.40. The van der Waals surface area contributed by atoms with Crippen molar-refractivity contribution in [1.29, 1.82) is 0 Å². The van der Waals surface area contributed by atoms with Crippen molar-refractivity contribution in [2.24, 2.45) is 5.41 Å². The molecule has 98 valence electrons. The first kappa shape index (κ1) is 13.3. The maximum absolute atomic E-state index is 12.5. The number of carbonyl (C=O) groups is 1. The molecule has 0 spiro atoms. The van der Waals surface area contributed by atoms with E-state index in [1.165, 1.54) is 31.2 Å². The van der Waals surface area contributed by atoms with Crippen LogP contribution in [0.4, 0.5) is 0 Å². The summed E-state index contributed by atoms with van der Waals surface area (Å²) in [5.41, 5.74) is 2.16. The van der Waals surface area contributed by atoms with Crippen molar-refractivity contribution in [3.63, 3.8) is 0 Å². The van der Waals surface area contributed by atoms with Crippen molar-refractivity contribution < 1.29 is 4.79 Å². The molecule has 0 aromatic heterocycles. The Bertz CT molecular complexity index is 396. The predicted molar refractivity (Wildman–Crippen MR) is 76.0 cm³/mol. The number of benzene rings is 1. The van der Waals surface area contributed by atoms with Gasteiger partial charge in [-0.25, -0.2) is 0 Å². The van der Waals surface area contributed by atoms with Crippen LogP contribution in [0.5, 0.6) is 0 Å². The number of unbranched alkanes of at least 4 members (excludes halogenated alkanes) is 1. The van der Waals surface area contributed by atoms with Gasteiger partial charge in [0.15, 0.2) is 5.78 Å². The van der Waals surface area contributed by atoms with E-state index in [9.17, 15) is 4.79 Å². The fourth-order valence-corrected chi connectivity index (χ4v) is 2.93. The fourth-order valence-electron chi connectivity index (χ4n) is 2.93. The lowest BCUT2D eigenvalue weighted by Gasteiger charge is -2.21. The first-order chi connectivity index (χ1) is 8.65. The van der Waals surface area contributed by atoms with Gasteiger partial charge in [-0.2, -0.15) is 0 Å². The summed E-state index contributed by atoms with van der Waals surface area (Å²) < 4.78 is 0. The molecule has 0 amide bonds. The number of hydrogen-bond donors (Lipinski definition) is 0. The van der Waals surface area contributed by atoms with Gasteiger partial charge in [0.05, 0.1) is 0 Å². The molecule has 2 rings (SSSR count). The largest absolute Gasteiger partial charge is 0.294 e. The second-order valence-electron chi connectivity index (χ2n) is 5.90. The van der Waals surface area contributed by atoms with Crippen LogP contribution in [-0.4, -0.2) is 5.78 Å². The number of rotatable bonds is 5. The standard InChI is InChI=1S/C17H24O/c1-3-4-7-14-8-10-15(11-9-14)16(18)17(2)12-5-6-13-17/h8-11H,3-7,12-13H2,1-2H3. The molecule has 0 heterocycles. The molecule has 1 aliphatic rings. The molecule has 0 bridgehead atoms. The molecule has 18 heavy (non-hydrogen) atoms. The summed E-state index contributed by atoms with van der Waals surface area (Å²) >= 11 is 0. The van der Waals surface area contributed by atoms with Gasteiger partial charge < -0.3 is 0 Å². The lowest BCUT2D eigenvalue weighted by molar-refractivity contribution is 0.0823. The summed E-state index contributed by atoms with van der Waals surface area (Å²) in [5.74, 6) is 0.349. The Balaban J connectivity index is 2.07. The molecular weight excluding hydrogens is 220 g/mol. The molecule has 0 unspecified atom stereocenters. The van der Waals surface area contributed by atoms with E-state index < -0.39 is 0 Å². The van der Waals surface area contributed by atoms with E-state index in [-0.39, 0.29) is 5.41 Å². The Labute approximate surface area is 111 Å². The SMILES string of the molecule is CCCCc1ccc(C(=O)C2(C)CCCC2)cc1. The molecule has 0 radical (unpaired) electrons. The van der Waals surface area contributed by atoms with Crippen molar-refractivity contribution in [3.8, 4) is 0 Å². The minimum Gasteiger partial charge on any atom is -0.294 e. The zero-order valence-corrected chi connectivity index (χ0v) is 11.7. The van der Waals surface area contributed by atoms with E-state index in [0.29, 0.717) is 5.78 Å². The zero-order valence-electron chi connectivity index (χ0n) is 11.7. The lowest BCUT2D eigenvalue weighted by Crippen LogP contribution is -2.24. The maximum Gasteiger partial charge on any atom is 0.168 e. The summed E-state index contributed by atoms with van der Waals surface area (Å²) in [4.78, 5) is 12.5. The Morgan fingerprint density at radius 3 is 2.33 bits per heavy atom. The highest BCUT2D eigenvalue weighted by molar-refractivity contribution is 6.00. The van der Waals surface area contributed by atoms with E-state index in [2.05, 4.69) is 26.0 Å². The molecule has 1 fully saturated rings. The van der Waals surface area contributed by atoms with Crippen LogP contribution in [0.2, 0.25) is 0 Å². The van der Waals surface area contributed by atoms with Gasteiger partial charge in [-0.3, -0.25) is 4.79 Å². The molecular formula is C17H24O. The van der Waals surface area contributed by atoms with Gasteiger partial charge in [-0.05, 0) is 31.2 Å². The molecule has 1 saturated carbocycles. The molecule has 1 aliphatic carbocycles. The summed E-state index contributed by atoms with van der Waals surface area (Å²) in [6, 6.07) is 8.30. The van der Waals surface area contributed by atoms with Crippen LogP contribution < -0.4 is 0 Å². The highest BCUT2D eigenvalue weighted by Gasteiger charge is 2.36. The number of aryl methyl sites for hydroxylation is 1. The Morgan fingerprint density at radius 2 is 1.78 bits per heavy atom. The lowest BCUT2D eigenvalue weighted by atomic mass is 9.80. The smallest absolute Gasteiger partial charge is 0.168 e. The third-order valence-corrected chi connectivity index (χ3v) is 4.29. The zero-order chi connectivity index (χ0) is 13.0.